The number of nitrogens with one attached hydrogen (secondary N) is 1. The Morgan fingerprint density at radius 2 is 1.83 bits per heavy atom. The molecule has 5 nitrogen and oxygen atoms in total. The van der Waals surface area contributed by atoms with Gasteiger partial charge in [-0.25, -0.2) is 4.79 Å². The molecule has 18 heavy (non-hydrogen) atoms. The molecule has 3 N–H and O–H groups in total. The van der Waals surface area contributed by atoms with Crippen molar-refractivity contribution in [1.82, 2.24) is 0 Å². The lowest BCUT2D eigenvalue weighted by molar-refractivity contribution is -0.167. The number of hydrogen-bond donors (Lipinski definition) is 3. The molecule has 0 radical (unpaired) electrons. The van der Waals surface area contributed by atoms with Gasteiger partial charge in [-0.05, 0) is 24.6 Å². The zero-order chi connectivity index (χ0) is 14.1. The van der Waals surface area contributed by atoms with E-state index in [1.807, 2.05) is 0 Å². The molecule has 1 aromatic rings. The van der Waals surface area contributed by atoms with Crippen molar-refractivity contribution in [2.75, 3.05) is 5.32 Å². The second kappa shape index (κ2) is 4.55. The molecule has 1 amide bonds. The monoisotopic (exact) mass is 263 g/mol. The lowest BCUT2D eigenvalue weighted by atomic mass is 10.1. The van der Waals surface area contributed by atoms with E-state index in [1.165, 1.54) is 12.2 Å². The molecular weight excluding hydrogens is 255 g/mol. The van der Waals surface area contributed by atoms with Crippen LogP contribution in [0.2, 0.25) is 0 Å². The van der Waals surface area contributed by atoms with E-state index in [0.29, 0.717) is 0 Å². The largest absolute Gasteiger partial charge is 0.507 e. The first-order valence-electron chi connectivity index (χ1n) is 4.58. The molecule has 98 valence electrons. The number of aryl methyl sites for hydroxylation is 1. The average Bonchev–Trinajstić information content (AvgIpc) is 2.21. The minimum atomic E-state index is -5.07. The predicted molar refractivity (Wildman–Crippen MR) is 54.5 cm³/mol. The Bertz CT molecular complexity index is 511. The number of aromatic hydroxyl groups is 1. The summed E-state index contributed by atoms with van der Waals surface area (Å²) < 4.78 is 36.0. The highest BCUT2D eigenvalue weighted by molar-refractivity contribution is 5.98. The van der Waals surface area contributed by atoms with Crippen LogP contribution < -0.4 is 5.32 Å². The molecule has 8 heteroatoms. The predicted octanol–water partition coefficient (Wildman–Crippen LogP) is 1.90. The Morgan fingerprint density at radius 3 is 2.28 bits per heavy atom. The van der Waals surface area contributed by atoms with E-state index >= 15 is 0 Å². The number of carboxylic acid groups (broad SMARTS) is 1. The highest BCUT2D eigenvalue weighted by Crippen LogP contribution is 2.27. The third kappa shape index (κ3) is 2.90. The fourth-order valence-corrected chi connectivity index (χ4v) is 1.22. The Hall–Kier alpha value is -2.25. The van der Waals surface area contributed by atoms with Gasteiger partial charge in [-0.2, -0.15) is 13.2 Å². The third-order valence-electron chi connectivity index (χ3n) is 2.05. The number of aromatic carboxylic acids is 1. The van der Waals surface area contributed by atoms with E-state index in [9.17, 15) is 27.9 Å². The van der Waals surface area contributed by atoms with Crippen molar-refractivity contribution >= 4 is 17.6 Å². The SMILES string of the molecule is Cc1cc(NC(=O)C(F)(F)F)cc(C(=O)O)c1O. The average molecular weight is 263 g/mol. The Kier molecular flexibility index (Phi) is 3.49. The summed E-state index contributed by atoms with van der Waals surface area (Å²) in [6.07, 6.45) is -5.07. The number of hydrogen-bond acceptors (Lipinski definition) is 3. The van der Waals surface area contributed by atoms with Crippen LogP contribution in [0.5, 0.6) is 5.75 Å². The van der Waals surface area contributed by atoms with E-state index in [4.69, 9.17) is 5.11 Å². The summed E-state index contributed by atoms with van der Waals surface area (Å²) in [4.78, 5) is 21.4. The number of carbonyl (C=O) groups is 2. The van der Waals surface area contributed by atoms with Crippen molar-refractivity contribution < 1.29 is 33.0 Å². The van der Waals surface area contributed by atoms with Crippen LogP contribution >= 0.6 is 0 Å². The van der Waals surface area contributed by atoms with Crippen LogP contribution in [0.15, 0.2) is 12.1 Å². The van der Waals surface area contributed by atoms with Gasteiger partial charge in [-0.15, -0.1) is 0 Å². The number of carboxylic acids is 1. The first kappa shape index (κ1) is 13.8. The Labute approximate surface area is 98.8 Å². The summed E-state index contributed by atoms with van der Waals surface area (Å²) >= 11 is 0. The normalized spacial score (nSPS) is 11.1. The summed E-state index contributed by atoms with van der Waals surface area (Å²) in [5.74, 6) is -4.30. The molecule has 0 spiro atoms. The smallest absolute Gasteiger partial charge is 0.471 e. The first-order valence-corrected chi connectivity index (χ1v) is 4.58. The number of carbonyl (C=O) groups excluding carboxylic acids is 1. The molecule has 0 heterocycles. The van der Waals surface area contributed by atoms with Crippen LogP contribution in [0, 0.1) is 6.92 Å². The van der Waals surface area contributed by atoms with Crippen molar-refractivity contribution in [2.24, 2.45) is 0 Å². The van der Waals surface area contributed by atoms with Gasteiger partial charge in [0.05, 0.1) is 0 Å². The van der Waals surface area contributed by atoms with Gasteiger partial charge in [0.15, 0.2) is 0 Å². The van der Waals surface area contributed by atoms with E-state index in [2.05, 4.69) is 0 Å². The molecule has 1 aromatic carbocycles. The third-order valence-corrected chi connectivity index (χ3v) is 2.05. The lowest BCUT2D eigenvalue weighted by Crippen LogP contribution is -2.30. The van der Waals surface area contributed by atoms with Gasteiger partial charge in [0.1, 0.15) is 11.3 Å². The maximum absolute atomic E-state index is 12.0. The van der Waals surface area contributed by atoms with Crippen LogP contribution in [-0.4, -0.2) is 28.3 Å². The van der Waals surface area contributed by atoms with Crippen LogP contribution in [-0.2, 0) is 4.79 Å². The van der Waals surface area contributed by atoms with E-state index in [0.717, 1.165) is 12.1 Å². The lowest BCUT2D eigenvalue weighted by Gasteiger charge is -2.11. The number of rotatable bonds is 2. The molecule has 0 fully saturated rings. The molecule has 0 aromatic heterocycles. The van der Waals surface area contributed by atoms with Gasteiger partial charge in [0.25, 0.3) is 0 Å². The van der Waals surface area contributed by atoms with Crippen LogP contribution in [0.3, 0.4) is 0 Å². The van der Waals surface area contributed by atoms with Crippen LogP contribution in [0.1, 0.15) is 15.9 Å². The van der Waals surface area contributed by atoms with Crippen LogP contribution in [0.4, 0.5) is 18.9 Å². The molecule has 0 atom stereocenters. The quantitative estimate of drug-likeness (QED) is 0.711. The van der Waals surface area contributed by atoms with E-state index in [1.54, 1.807) is 0 Å². The summed E-state index contributed by atoms with van der Waals surface area (Å²) in [6, 6.07) is 1.78. The summed E-state index contributed by atoms with van der Waals surface area (Å²) in [5.41, 5.74) is -0.912. The zero-order valence-electron chi connectivity index (χ0n) is 9.00. The molecule has 0 aliphatic rings. The number of anilines is 1. The van der Waals surface area contributed by atoms with Gasteiger partial charge in [0.2, 0.25) is 0 Å². The standard InChI is InChI=1S/C10H8F3NO4/c1-4-2-5(14-9(18)10(11,12)13)3-6(7(4)15)8(16)17/h2-3,15H,1H3,(H,14,18)(H,16,17). The fourth-order valence-electron chi connectivity index (χ4n) is 1.22. The Morgan fingerprint density at radius 1 is 1.28 bits per heavy atom. The van der Waals surface area contributed by atoms with Gasteiger partial charge in [-0.3, -0.25) is 4.79 Å². The van der Waals surface area contributed by atoms with Crippen molar-refractivity contribution in [1.29, 1.82) is 0 Å². The van der Waals surface area contributed by atoms with E-state index in [-0.39, 0.29) is 11.3 Å². The van der Waals surface area contributed by atoms with Crippen molar-refractivity contribution in [3.63, 3.8) is 0 Å². The molecule has 0 aliphatic carbocycles. The number of benzene rings is 1. The number of alkyl halides is 3. The van der Waals surface area contributed by atoms with Gasteiger partial charge >= 0.3 is 18.1 Å². The molecule has 0 bridgehead atoms. The minimum Gasteiger partial charge on any atom is -0.507 e. The zero-order valence-corrected chi connectivity index (χ0v) is 9.00. The first-order chi connectivity index (χ1) is 8.12. The second-order valence-electron chi connectivity index (χ2n) is 3.45. The van der Waals surface area contributed by atoms with Crippen LogP contribution in [0.25, 0.3) is 0 Å². The molecule has 0 saturated carbocycles. The summed E-state index contributed by atoms with van der Waals surface area (Å²) in [5, 5.41) is 19.6. The summed E-state index contributed by atoms with van der Waals surface area (Å²) in [6.45, 7) is 1.30. The fraction of sp³-hybridized carbons (Fsp3) is 0.200. The minimum absolute atomic E-state index is 0.0346. The van der Waals surface area contributed by atoms with Gasteiger partial charge < -0.3 is 15.5 Å². The van der Waals surface area contributed by atoms with Gasteiger partial charge in [0, 0.05) is 5.69 Å². The van der Waals surface area contributed by atoms with Crippen molar-refractivity contribution in [3.8, 4) is 5.75 Å². The number of amides is 1. The maximum atomic E-state index is 12.0. The molecule has 1 rings (SSSR count). The summed E-state index contributed by atoms with van der Waals surface area (Å²) in [7, 11) is 0. The highest BCUT2D eigenvalue weighted by atomic mass is 19.4. The Balaban J connectivity index is 3.13. The molecular formula is C10H8F3NO4. The topological polar surface area (TPSA) is 86.6 Å². The highest BCUT2D eigenvalue weighted by Gasteiger charge is 2.38. The second-order valence-corrected chi connectivity index (χ2v) is 3.45. The molecule has 0 aliphatic heterocycles. The molecule has 0 unspecified atom stereocenters. The number of halogens is 3. The van der Waals surface area contributed by atoms with E-state index < -0.39 is 29.4 Å². The molecule has 0 saturated heterocycles. The number of phenols is 1. The van der Waals surface area contributed by atoms with Crippen molar-refractivity contribution in [3.05, 3.63) is 23.3 Å². The van der Waals surface area contributed by atoms with Crippen molar-refractivity contribution in [2.45, 2.75) is 13.1 Å². The van der Waals surface area contributed by atoms with Gasteiger partial charge in [-0.1, -0.05) is 0 Å². The maximum Gasteiger partial charge on any atom is 0.471 e.